The summed E-state index contributed by atoms with van der Waals surface area (Å²) in [5.41, 5.74) is 8.94. The molecular weight excluding hydrogens is 357 g/mol. The van der Waals surface area contributed by atoms with Gasteiger partial charge in [-0.25, -0.2) is 9.97 Å². The molecule has 0 spiro atoms. The molecule has 0 bridgehead atoms. The third-order valence-corrected chi connectivity index (χ3v) is 4.39. The Morgan fingerprint density at radius 3 is 2.64 bits per heavy atom. The minimum atomic E-state index is 0. The quantitative estimate of drug-likeness (QED) is 0.724. The second-order valence-corrected chi connectivity index (χ2v) is 6.11. The minimum absolute atomic E-state index is 0. The molecule has 0 atom stereocenters. The van der Waals surface area contributed by atoms with E-state index in [1.54, 1.807) is 6.33 Å². The Labute approximate surface area is 159 Å². The van der Waals surface area contributed by atoms with Gasteiger partial charge in [-0.2, -0.15) is 0 Å². The topological polar surface area (TPSA) is 76.7 Å². The van der Waals surface area contributed by atoms with Crippen molar-refractivity contribution in [1.29, 1.82) is 0 Å². The highest BCUT2D eigenvalue weighted by Crippen LogP contribution is 2.34. The van der Waals surface area contributed by atoms with Gasteiger partial charge in [0.1, 0.15) is 12.1 Å². The highest BCUT2D eigenvalue weighted by atomic mass is 35.5. The van der Waals surface area contributed by atoms with Crippen molar-refractivity contribution in [3.05, 3.63) is 60.2 Å². The highest BCUT2D eigenvalue weighted by molar-refractivity contribution is 5.85. The Morgan fingerprint density at radius 2 is 1.84 bits per heavy atom. The second kappa shape index (κ2) is 8.43. The number of rotatable bonds is 4. The molecule has 1 aromatic carbocycles. The fourth-order valence-electron chi connectivity index (χ4n) is 2.98. The average Bonchev–Trinajstić information content (AvgIpc) is 2.57. The van der Waals surface area contributed by atoms with E-state index < -0.39 is 0 Å². The van der Waals surface area contributed by atoms with Crippen LogP contribution in [-0.2, 0) is 6.54 Å². The molecule has 7 heteroatoms. The number of nitrogens with two attached hydrogens (primary N) is 1. The molecule has 132 valence electrons. The first-order valence-corrected chi connectivity index (χ1v) is 7.94. The van der Waals surface area contributed by atoms with Crippen LogP contribution in [0, 0.1) is 0 Å². The summed E-state index contributed by atoms with van der Waals surface area (Å²) in [4.78, 5) is 13.3. The van der Waals surface area contributed by atoms with Gasteiger partial charge in [-0.05, 0) is 25.0 Å². The summed E-state index contributed by atoms with van der Waals surface area (Å²) in [6, 6.07) is 14.6. The van der Waals surface area contributed by atoms with Crippen molar-refractivity contribution in [3.63, 3.8) is 0 Å². The number of pyridine rings is 1. The number of hydrogen-bond acceptors (Lipinski definition) is 5. The molecule has 0 radical (unpaired) electrons. The molecule has 2 aromatic heterocycles. The van der Waals surface area contributed by atoms with Crippen molar-refractivity contribution in [2.24, 2.45) is 5.73 Å². The lowest BCUT2D eigenvalue weighted by Gasteiger charge is -2.31. The van der Waals surface area contributed by atoms with Crippen molar-refractivity contribution in [2.45, 2.75) is 31.3 Å². The number of hydrogen-bond donors (Lipinski definition) is 2. The lowest BCUT2D eigenvalue weighted by atomic mass is 9.79. The molecule has 1 fully saturated rings. The molecule has 0 amide bonds. The maximum absolute atomic E-state index is 5.86. The Balaban J connectivity index is 0.00000113. The average molecular weight is 378 g/mol. The standard InChI is InChI=1S/C18H19N5.2ClH/c19-14-7-13(8-14)17-9-18(22-11-21-17)20-10-15-6-5-12-3-1-2-4-16(12)23-15;;/h1-6,9,11,13-14H,7-8,10,19H2,(H,20,21,22);2*1H. The minimum Gasteiger partial charge on any atom is -0.364 e. The fourth-order valence-corrected chi connectivity index (χ4v) is 2.98. The van der Waals surface area contributed by atoms with Gasteiger partial charge in [0.25, 0.3) is 0 Å². The lowest BCUT2D eigenvalue weighted by molar-refractivity contribution is 0.345. The van der Waals surface area contributed by atoms with E-state index in [-0.39, 0.29) is 24.8 Å². The third-order valence-electron chi connectivity index (χ3n) is 4.39. The summed E-state index contributed by atoms with van der Waals surface area (Å²) >= 11 is 0. The molecule has 4 rings (SSSR count). The smallest absolute Gasteiger partial charge is 0.129 e. The number of fused-ring (bicyclic) bond motifs is 1. The third kappa shape index (κ3) is 4.37. The molecule has 1 aliphatic rings. The predicted octanol–water partition coefficient (Wildman–Crippen LogP) is 3.69. The molecule has 3 aromatic rings. The van der Waals surface area contributed by atoms with E-state index in [1.165, 1.54) is 0 Å². The van der Waals surface area contributed by atoms with Gasteiger partial charge in [0, 0.05) is 29.1 Å². The molecule has 0 aliphatic heterocycles. The first-order valence-electron chi connectivity index (χ1n) is 7.94. The zero-order valence-electron chi connectivity index (χ0n) is 13.6. The maximum atomic E-state index is 5.86. The zero-order valence-corrected chi connectivity index (χ0v) is 15.3. The summed E-state index contributed by atoms with van der Waals surface area (Å²) in [5, 5.41) is 4.49. The van der Waals surface area contributed by atoms with E-state index in [0.29, 0.717) is 18.5 Å². The van der Waals surface area contributed by atoms with Gasteiger partial charge in [0.2, 0.25) is 0 Å². The largest absolute Gasteiger partial charge is 0.364 e. The summed E-state index contributed by atoms with van der Waals surface area (Å²) < 4.78 is 0. The number of aromatic nitrogens is 3. The summed E-state index contributed by atoms with van der Waals surface area (Å²) in [6.07, 6.45) is 3.65. The van der Waals surface area contributed by atoms with Crippen molar-refractivity contribution < 1.29 is 0 Å². The van der Waals surface area contributed by atoms with Gasteiger partial charge in [-0.15, -0.1) is 24.8 Å². The molecule has 1 saturated carbocycles. The normalized spacial score (nSPS) is 18.6. The Hall–Kier alpha value is -1.95. The van der Waals surface area contributed by atoms with Crippen LogP contribution in [0.3, 0.4) is 0 Å². The van der Waals surface area contributed by atoms with E-state index in [9.17, 15) is 0 Å². The van der Waals surface area contributed by atoms with Gasteiger partial charge in [-0.3, -0.25) is 4.98 Å². The van der Waals surface area contributed by atoms with E-state index in [1.807, 2.05) is 30.3 Å². The number of halogens is 2. The van der Waals surface area contributed by atoms with Crippen molar-refractivity contribution in [3.8, 4) is 0 Å². The van der Waals surface area contributed by atoms with E-state index in [0.717, 1.165) is 41.0 Å². The molecule has 0 unspecified atom stereocenters. The van der Waals surface area contributed by atoms with Crippen molar-refractivity contribution in [2.75, 3.05) is 5.32 Å². The predicted molar refractivity (Wildman–Crippen MR) is 106 cm³/mol. The van der Waals surface area contributed by atoms with Crippen LogP contribution in [-0.4, -0.2) is 21.0 Å². The summed E-state index contributed by atoms with van der Waals surface area (Å²) in [7, 11) is 0. The monoisotopic (exact) mass is 377 g/mol. The first-order chi connectivity index (χ1) is 11.3. The first kappa shape index (κ1) is 19.4. The molecule has 5 nitrogen and oxygen atoms in total. The summed E-state index contributed by atoms with van der Waals surface area (Å²) in [5.74, 6) is 1.32. The molecule has 2 heterocycles. The van der Waals surface area contributed by atoms with Crippen LogP contribution >= 0.6 is 24.8 Å². The highest BCUT2D eigenvalue weighted by Gasteiger charge is 2.28. The fraction of sp³-hybridized carbons (Fsp3) is 0.278. The molecule has 1 aliphatic carbocycles. The Bertz CT molecular complexity index is 836. The van der Waals surface area contributed by atoms with Gasteiger partial charge >= 0.3 is 0 Å². The maximum Gasteiger partial charge on any atom is 0.129 e. The van der Waals surface area contributed by atoms with Crippen LogP contribution in [0.4, 0.5) is 5.82 Å². The number of nitrogens with zero attached hydrogens (tertiary/aromatic N) is 3. The van der Waals surface area contributed by atoms with E-state index in [4.69, 9.17) is 5.73 Å². The SMILES string of the molecule is Cl.Cl.NC1CC(c2cc(NCc3ccc4ccccc4n3)ncn2)C1. The van der Waals surface area contributed by atoms with Crippen LogP contribution in [0.2, 0.25) is 0 Å². The van der Waals surface area contributed by atoms with Gasteiger partial charge < -0.3 is 11.1 Å². The molecule has 3 N–H and O–H groups in total. The molecule has 0 saturated heterocycles. The van der Waals surface area contributed by atoms with Gasteiger partial charge in [0.15, 0.2) is 0 Å². The number of nitrogens with one attached hydrogen (secondary N) is 1. The number of para-hydroxylation sites is 1. The van der Waals surface area contributed by atoms with Crippen LogP contribution in [0.1, 0.15) is 30.1 Å². The molecular formula is C18H21Cl2N5. The Kier molecular flexibility index (Phi) is 6.53. The van der Waals surface area contributed by atoms with Gasteiger partial charge in [-0.1, -0.05) is 24.3 Å². The van der Waals surface area contributed by atoms with Crippen LogP contribution in [0.25, 0.3) is 10.9 Å². The van der Waals surface area contributed by atoms with Gasteiger partial charge in [0.05, 0.1) is 17.8 Å². The number of anilines is 1. The van der Waals surface area contributed by atoms with E-state index in [2.05, 4.69) is 32.4 Å². The van der Waals surface area contributed by atoms with Crippen molar-refractivity contribution in [1.82, 2.24) is 15.0 Å². The van der Waals surface area contributed by atoms with Crippen LogP contribution in [0.5, 0.6) is 0 Å². The van der Waals surface area contributed by atoms with E-state index >= 15 is 0 Å². The Morgan fingerprint density at radius 1 is 1.04 bits per heavy atom. The zero-order chi connectivity index (χ0) is 15.6. The second-order valence-electron chi connectivity index (χ2n) is 6.11. The van der Waals surface area contributed by atoms with Crippen molar-refractivity contribution >= 4 is 41.5 Å². The van der Waals surface area contributed by atoms with Crippen LogP contribution in [0.15, 0.2) is 48.8 Å². The lowest BCUT2D eigenvalue weighted by Crippen LogP contribution is -2.35. The summed E-state index contributed by atoms with van der Waals surface area (Å²) in [6.45, 7) is 0.644. The van der Waals surface area contributed by atoms with Crippen LogP contribution < -0.4 is 11.1 Å². The molecule has 25 heavy (non-hydrogen) atoms. The number of benzene rings is 1.